The lowest BCUT2D eigenvalue weighted by molar-refractivity contribution is -0.161. The van der Waals surface area contributed by atoms with Gasteiger partial charge in [0.05, 0.1) is 23.8 Å². The molecule has 0 bridgehead atoms. The summed E-state index contributed by atoms with van der Waals surface area (Å²) in [6, 6.07) is 11.3. The van der Waals surface area contributed by atoms with Crippen LogP contribution in [-0.2, 0) is 14.3 Å². The first-order valence-corrected chi connectivity index (χ1v) is 14.7. The third-order valence-electron chi connectivity index (χ3n) is 8.23. The molecule has 10 nitrogen and oxygen atoms in total. The number of rotatable bonds is 12. The summed E-state index contributed by atoms with van der Waals surface area (Å²) in [4.78, 5) is 20.8. The average molecular weight is 565 g/mol. The predicted octanol–water partition coefficient (Wildman–Crippen LogP) is 4.77. The van der Waals surface area contributed by atoms with Crippen molar-refractivity contribution < 1.29 is 19.4 Å². The van der Waals surface area contributed by atoms with Gasteiger partial charge in [-0.2, -0.15) is 5.26 Å². The van der Waals surface area contributed by atoms with Crippen molar-refractivity contribution in [2.45, 2.75) is 89.9 Å². The largest absolute Gasteiger partial charge is 0.479 e. The number of carboxylic acids is 1. The minimum Gasteiger partial charge on any atom is -0.479 e. The lowest BCUT2D eigenvalue weighted by Crippen LogP contribution is -2.45. The Hall–Kier alpha value is -3.26. The summed E-state index contributed by atoms with van der Waals surface area (Å²) in [5.74, 6) is 0.639. The molecule has 0 radical (unpaired) electrons. The second-order valence-corrected chi connectivity index (χ2v) is 12.0. The minimum atomic E-state index is -1.18. The van der Waals surface area contributed by atoms with E-state index in [9.17, 15) is 15.2 Å². The van der Waals surface area contributed by atoms with Gasteiger partial charge in [-0.1, -0.05) is 6.07 Å². The summed E-state index contributed by atoms with van der Waals surface area (Å²) in [5, 5.41) is 29.6. The Morgan fingerprint density at radius 3 is 2.61 bits per heavy atom. The number of nitriles is 1. The van der Waals surface area contributed by atoms with Gasteiger partial charge in [0.15, 0.2) is 5.60 Å². The van der Waals surface area contributed by atoms with Gasteiger partial charge < -0.3 is 30.5 Å². The maximum Gasteiger partial charge on any atom is 0.335 e. The fraction of sp³-hybridized carbons (Fsp3) is 0.613. The van der Waals surface area contributed by atoms with Gasteiger partial charge in [-0.25, -0.2) is 14.8 Å². The Bertz CT molecular complexity index is 1220. The predicted molar refractivity (Wildman–Crippen MR) is 159 cm³/mol. The number of carbonyl (C=O) groups is 1. The molecular formula is C31H44N6O4. The summed E-state index contributed by atoms with van der Waals surface area (Å²) >= 11 is 0. The van der Waals surface area contributed by atoms with Crippen molar-refractivity contribution in [1.29, 1.82) is 5.26 Å². The molecular weight excluding hydrogens is 520 g/mol. The van der Waals surface area contributed by atoms with Crippen LogP contribution >= 0.6 is 0 Å². The number of nitrogens with zero attached hydrogens (tertiary/aromatic N) is 3. The Morgan fingerprint density at radius 1 is 1.22 bits per heavy atom. The van der Waals surface area contributed by atoms with E-state index in [1.807, 2.05) is 38.2 Å². The zero-order valence-corrected chi connectivity index (χ0v) is 24.7. The van der Waals surface area contributed by atoms with E-state index >= 15 is 0 Å². The van der Waals surface area contributed by atoms with Crippen molar-refractivity contribution >= 4 is 17.6 Å². The fourth-order valence-electron chi connectivity index (χ4n) is 5.37. The van der Waals surface area contributed by atoms with E-state index in [2.05, 4.69) is 33.1 Å². The Morgan fingerprint density at radius 2 is 1.93 bits per heavy atom. The van der Waals surface area contributed by atoms with Gasteiger partial charge in [-0.3, -0.25) is 0 Å². The van der Waals surface area contributed by atoms with Crippen LogP contribution in [0, 0.1) is 23.7 Å². The lowest BCUT2D eigenvalue weighted by Gasteiger charge is -2.32. The number of nitrogens with one attached hydrogen (secondary N) is 3. The molecule has 3 heterocycles. The van der Waals surface area contributed by atoms with E-state index in [4.69, 9.17) is 14.5 Å². The zero-order valence-electron chi connectivity index (χ0n) is 24.7. The lowest BCUT2D eigenvalue weighted by atomic mass is 9.82. The van der Waals surface area contributed by atoms with E-state index < -0.39 is 17.0 Å². The van der Waals surface area contributed by atoms with E-state index in [-0.39, 0.29) is 6.04 Å². The van der Waals surface area contributed by atoms with Gasteiger partial charge in [-0.15, -0.1) is 0 Å². The molecule has 1 aliphatic heterocycles. The summed E-state index contributed by atoms with van der Waals surface area (Å²) in [6.07, 6.45) is 7.42. The van der Waals surface area contributed by atoms with Gasteiger partial charge in [0.1, 0.15) is 11.6 Å². The van der Waals surface area contributed by atoms with Gasteiger partial charge in [0.2, 0.25) is 0 Å². The number of anilines is 2. The molecule has 0 amide bonds. The first kappa shape index (κ1) is 30.7. The minimum absolute atomic E-state index is 0.0735. The molecule has 1 saturated heterocycles. The number of ether oxygens (including phenoxy) is 2. The van der Waals surface area contributed by atoms with Crippen molar-refractivity contribution in [3.8, 4) is 17.3 Å². The van der Waals surface area contributed by atoms with Crippen molar-refractivity contribution in [2.24, 2.45) is 5.41 Å². The van der Waals surface area contributed by atoms with Crippen LogP contribution in [0.1, 0.15) is 64.9 Å². The second kappa shape index (κ2) is 13.6. The fourth-order valence-corrected chi connectivity index (χ4v) is 5.37. The number of aryl methyl sites for hydroxylation is 1. The first-order valence-electron chi connectivity index (χ1n) is 14.7. The molecule has 10 heteroatoms. The molecule has 222 valence electrons. The number of aromatic nitrogens is 2. The van der Waals surface area contributed by atoms with E-state index in [0.717, 1.165) is 67.0 Å². The molecule has 4 rings (SSSR count). The van der Waals surface area contributed by atoms with Crippen LogP contribution in [0.4, 0.5) is 11.6 Å². The summed E-state index contributed by atoms with van der Waals surface area (Å²) in [5.41, 5.74) is 1.34. The zero-order chi connectivity index (χ0) is 29.5. The van der Waals surface area contributed by atoms with Gasteiger partial charge >= 0.3 is 5.97 Å². The maximum absolute atomic E-state index is 11.3. The van der Waals surface area contributed by atoms with Crippen LogP contribution in [-0.4, -0.2) is 71.1 Å². The van der Waals surface area contributed by atoms with Crippen LogP contribution in [0.15, 0.2) is 30.5 Å². The number of carboxylic acid groups (broad SMARTS) is 1. The van der Waals surface area contributed by atoms with Gasteiger partial charge in [0, 0.05) is 49.6 Å². The molecule has 2 aromatic heterocycles. The first-order chi connectivity index (χ1) is 19.6. The standard InChI is InChI=1S/C31H44N6O4/c1-21-17-33-28(36-24-10-8-23(9-11-24)35-22(2)18-41-30(3,4)29(38)39)16-25(21)26-6-5-7-27(37-26)34-20-31(19-32)12-14-40-15-13-31/h5-7,16-17,22-24,35H,8-15,18,20H2,1-4H3,(H,33,36)(H,34,37)(H,38,39)/t22-,23?,24?/m0/s1. The maximum atomic E-state index is 11.3. The third-order valence-corrected chi connectivity index (χ3v) is 8.23. The van der Waals surface area contributed by atoms with Crippen molar-refractivity contribution in [1.82, 2.24) is 15.3 Å². The quantitative estimate of drug-likeness (QED) is 0.285. The molecule has 4 N–H and O–H groups in total. The molecule has 0 aromatic carbocycles. The van der Waals surface area contributed by atoms with Crippen LogP contribution in [0.2, 0.25) is 0 Å². The van der Waals surface area contributed by atoms with Crippen LogP contribution < -0.4 is 16.0 Å². The molecule has 1 saturated carbocycles. The molecule has 0 unspecified atom stereocenters. The summed E-state index contributed by atoms with van der Waals surface area (Å²) in [6.45, 7) is 9.37. The highest BCUT2D eigenvalue weighted by atomic mass is 16.5. The van der Waals surface area contributed by atoms with Gasteiger partial charge in [0.25, 0.3) is 0 Å². The number of pyridine rings is 2. The van der Waals surface area contributed by atoms with E-state index in [1.165, 1.54) is 0 Å². The molecule has 1 aliphatic carbocycles. The van der Waals surface area contributed by atoms with Crippen molar-refractivity contribution in [2.75, 3.05) is 37.0 Å². The van der Waals surface area contributed by atoms with Crippen molar-refractivity contribution in [3.05, 3.63) is 36.0 Å². The van der Waals surface area contributed by atoms with E-state index in [0.29, 0.717) is 38.4 Å². The topological polar surface area (TPSA) is 141 Å². The van der Waals surface area contributed by atoms with Crippen molar-refractivity contribution in [3.63, 3.8) is 0 Å². The molecule has 2 aromatic rings. The number of hydrogen-bond donors (Lipinski definition) is 4. The Balaban J connectivity index is 1.30. The van der Waals surface area contributed by atoms with Crippen LogP contribution in [0.5, 0.6) is 0 Å². The molecule has 1 atom stereocenters. The summed E-state index contributed by atoms with van der Waals surface area (Å²) in [7, 11) is 0. The normalized spacial score (nSPS) is 21.4. The van der Waals surface area contributed by atoms with E-state index in [1.54, 1.807) is 13.8 Å². The van der Waals surface area contributed by atoms with Gasteiger partial charge in [-0.05, 0) is 90.0 Å². The molecule has 41 heavy (non-hydrogen) atoms. The Kier molecular flexibility index (Phi) is 10.2. The SMILES string of the molecule is Cc1cnc(NC2CCC(N[C@@H](C)COC(C)(C)C(=O)O)CC2)cc1-c1cccc(NCC2(C#N)CCOCC2)n1. The summed E-state index contributed by atoms with van der Waals surface area (Å²) < 4.78 is 11.1. The number of hydrogen-bond acceptors (Lipinski definition) is 9. The molecule has 2 aliphatic rings. The highest BCUT2D eigenvalue weighted by molar-refractivity contribution is 5.76. The average Bonchev–Trinajstić information content (AvgIpc) is 2.97. The molecule has 2 fully saturated rings. The molecule has 0 spiro atoms. The monoisotopic (exact) mass is 564 g/mol. The van der Waals surface area contributed by atoms with Crippen LogP contribution in [0.25, 0.3) is 11.3 Å². The third kappa shape index (κ3) is 8.38. The smallest absolute Gasteiger partial charge is 0.335 e. The Labute approximate surface area is 243 Å². The second-order valence-electron chi connectivity index (χ2n) is 12.0. The number of aliphatic carboxylic acids is 1. The highest BCUT2D eigenvalue weighted by Gasteiger charge is 2.33. The van der Waals surface area contributed by atoms with Crippen LogP contribution in [0.3, 0.4) is 0 Å². The highest BCUT2D eigenvalue weighted by Crippen LogP contribution is 2.31.